The van der Waals surface area contributed by atoms with Crippen LogP contribution in [0.2, 0.25) is 15.1 Å². The summed E-state index contributed by atoms with van der Waals surface area (Å²) in [5.41, 5.74) is 0.612. The Morgan fingerprint density at radius 3 is 2.27 bits per heavy atom. The Balaban J connectivity index is 2.37. The van der Waals surface area contributed by atoms with E-state index in [-0.39, 0.29) is 18.0 Å². The van der Waals surface area contributed by atoms with Crippen LogP contribution in [0.5, 0.6) is 0 Å². The van der Waals surface area contributed by atoms with E-state index in [4.69, 9.17) is 34.8 Å². The van der Waals surface area contributed by atoms with Gasteiger partial charge in [0.1, 0.15) is 0 Å². The van der Waals surface area contributed by atoms with Crippen LogP contribution in [-0.4, -0.2) is 31.7 Å². The molecule has 2 aromatic rings. The van der Waals surface area contributed by atoms with Crippen molar-refractivity contribution in [3.8, 4) is 0 Å². The molecule has 2 aromatic carbocycles. The van der Waals surface area contributed by atoms with Crippen LogP contribution < -0.4 is 5.32 Å². The minimum atomic E-state index is -3.91. The van der Waals surface area contributed by atoms with E-state index in [1.807, 2.05) is 0 Å². The van der Waals surface area contributed by atoms with Crippen LogP contribution in [0.4, 0.5) is 0 Å². The maximum atomic E-state index is 13.0. The Morgan fingerprint density at radius 2 is 1.69 bits per heavy atom. The lowest BCUT2D eigenvalue weighted by Gasteiger charge is -2.22. The second kappa shape index (κ2) is 9.06. The van der Waals surface area contributed by atoms with Crippen molar-refractivity contribution in [2.75, 3.05) is 13.1 Å². The van der Waals surface area contributed by atoms with Crippen LogP contribution in [-0.2, 0) is 21.4 Å². The van der Waals surface area contributed by atoms with E-state index < -0.39 is 15.9 Å². The molecule has 0 atom stereocenters. The first-order valence-corrected chi connectivity index (χ1v) is 10.3. The Morgan fingerprint density at radius 1 is 1.04 bits per heavy atom. The molecule has 0 saturated heterocycles. The Kier molecular flexibility index (Phi) is 7.32. The third kappa shape index (κ3) is 5.34. The van der Waals surface area contributed by atoms with Gasteiger partial charge in [-0.2, -0.15) is 4.31 Å². The molecule has 0 bridgehead atoms. The van der Waals surface area contributed by atoms with Gasteiger partial charge in [0, 0.05) is 18.1 Å². The molecule has 1 amide bonds. The zero-order valence-corrected chi connectivity index (χ0v) is 17.0. The average Bonchev–Trinajstić information content (AvgIpc) is 2.58. The number of likely N-dealkylation sites (N-methyl/N-ethyl adjacent to an activating group) is 1. The fourth-order valence-corrected chi connectivity index (χ4v) is 4.07. The van der Waals surface area contributed by atoms with E-state index in [0.717, 1.165) is 4.31 Å². The van der Waals surface area contributed by atoms with Crippen LogP contribution in [0.1, 0.15) is 12.5 Å². The van der Waals surface area contributed by atoms with Crippen molar-refractivity contribution in [3.05, 3.63) is 63.1 Å². The molecule has 0 aromatic heterocycles. The average molecular weight is 436 g/mol. The summed E-state index contributed by atoms with van der Waals surface area (Å²) >= 11 is 17.7. The van der Waals surface area contributed by atoms with Crippen molar-refractivity contribution < 1.29 is 13.2 Å². The van der Waals surface area contributed by atoms with Crippen molar-refractivity contribution in [3.63, 3.8) is 0 Å². The summed E-state index contributed by atoms with van der Waals surface area (Å²) in [7, 11) is -3.91. The third-order valence-electron chi connectivity index (χ3n) is 3.49. The summed E-state index contributed by atoms with van der Waals surface area (Å²) < 4.78 is 27.1. The van der Waals surface area contributed by atoms with Gasteiger partial charge in [0.2, 0.25) is 15.9 Å². The van der Waals surface area contributed by atoms with Crippen LogP contribution >= 0.6 is 34.8 Å². The van der Waals surface area contributed by atoms with Gasteiger partial charge in [-0.1, -0.05) is 40.9 Å². The Hall–Kier alpha value is -1.31. The smallest absolute Gasteiger partial charge is 0.243 e. The molecule has 0 saturated carbocycles. The van der Waals surface area contributed by atoms with Crippen molar-refractivity contribution >= 4 is 50.7 Å². The molecule has 9 heteroatoms. The molecule has 0 fully saturated rings. The molecule has 2 rings (SSSR count). The van der Waals surface area contributed by atoms with E-state index in [2.05, 4.69) is 5.32 Å². The lowest BCUT2D eigenvalue weighted by atomic mass is 10.2. The molecule has 0 heterocycles. The number of carbonyl (C=O) groups excluding carboxylic acids is 1. The number of amides is 1. The van der Waals surface area contributed by atoms with Gasteiger partial charge in [-0.25, -0.2) is 8.42 Å². The molecule has 0 spiro atoms. The molecule has 0 aliphatic carbocycles. The number of rotatable bonds is 7. The fourth-order valence-electron chi connectivity index (χ4n) is 2.24. The topological polar surface area (TPSA) is 66.5 Å². The van der Waals surface area contributed by atoms with Gasteiger partial charge in [-0.15, -0.1) is 0 Å². The van der Waals surface area contributed by atoms with Crippen LogP contribution in [0.15, 0.2) is 47.4 Å². The minimum absolute atomic E-state index is 0.0288. The number of hydrogen-bond donors (Lipinski definition) is 1. The van der Waals surface area contributed by atoms with Crippen LogP contribution in [0, 0.1) is 0 Å². The van der Waals surface area contributed by atoms with E-state index in [1.54, 1.807) is 25.1 Å². The molecule has 0 aliphatic rings. The number of carbonyl (C=O) groups is 1. The summed E-state index contributed by atoms with van der Waals surface area (Å²) in [6.45, 7) is 1.81. The molecule has 26 heavy (non-hydrogen) atoms. The number of nitrogens with zero attached hydrogens (tertiary/aromatic N) is 1. The van der Waals surface area contributed by atoms with Gasteiger partial charge in [0.05, 0.1) is 21.5 Å². The van der Waals surface area contributed by atoms with Crippen molar-refractivity contribution in [2.24, 2.45) is 0 Å². The number of sulfonamides is 1. The number of nitrogens with one attached hydrogen (secondary N) is 1. The summed E-state index contributed by atoms with van der Waals surface area (Å²) in [6, 6.07) is 10.6. The minimum Gasteiger partial charge on any atom is -0.355 e. The highest BCUT2D eigenvalue weighted by Crippen LogP contribution is 2.25. The maximum Gasteiger partial charge on any atom is 0.243 e. The number of hydrogen-bond acceptors (Lipinski definition) is 3. The van der Waals surface area contributed by atoms with E-state index in [1.165, 1.54) is 24.3 Å². The monoisotopic (exact) mass is 434 g/mol. The highest BCUT2D eigenvalue weighted by molar-refractivity contribution is 7.89. The molecule has 0 aliphatic heterocycles. The quantitative estimate of drug-likeness (QED) is 0.715. The van der Waals surface area contributed by atoms with Crippen molar-refractivity contribution in [1.82, 2.24) is 9.62 Å². The van der Waals surface area contributed by atoms with E-state index in [9.17, 15) is 13.2 Å². The normalized spacial score (nSPS) is 11.6. The Labute approximate surface area is 167 Å². The first-order chi connectivity index (χ1) is 12.2. The number of halogens is 3. The van der Waals surface area contributed by atoms with Crippen LogP contribution in [0.25, 0.3) is 0 Å². The third-order valence-corrected chi connectivity index (χ3v) is 6.29. The van der Waals surface area contributed by atoms with Gasteiger partial charge in [-0.3, -0.25) is 4.79 Å². The number of benzene rings is 2. The van der Waals surface area contributed by atoms with Gasteiger partial charge in [0.25, 0.3) is 0 Å². The molecule has 0 radical (unpaired) electrons. The second-order valence-electron chi connectivity index (χ2n) is 5.43. The molecular formula is C17H17Cl3N2O3S. The summed E-state index contributed by atoms with van der Waals surface area (Å²) in [5, 5.41) is 3.70. The molecule has 1 N–H and O–H groups in total. The summed E-state index contributed by atoms with van der Waals surface area (Å²) in [4.78, 5) is 12.1. The first-order valence-electron chi connectivity index (χ1n) is 7.70. The zero-order chi connectivity index (χ0) is 19.3. The van der Waals surface area contributed by atoms with Gasteiger partial charge < -0.3 is 5.32 Å². The highest BCUT2D eigenvalue weighted by atomic mass is 35.5. The van der Waals surface area contributed by atoms with E-state index >= 15 is 0 Å². The highest BCUT2D eigenvalue weighted by Gasteiger charge is 2.27. The maximum absolute atomic E-state index is 13.0. The molecular weight excluding hydrogens is 419 g/mol. The predicted octanol–water partition coefficient (Wildman–Crippen LogP) is 3.97. The van der Waals surface area contributed by atoms with Gasteiger partial charge >= 0.3 is 0 Å². The standard InChI is InChI=1S/C17H17Cl3N2O3S/c1-2-21-17(23)11-22(10-12-3-8-15(19)16(20)9-12)26(24,25)14-6-4-13(18)5-7-14/h3-9H,2,10-11H2,1H3,(H,21,23). The Bertz CT molecular complexity index is 887. The van der Waals surface area contributed by atoms with Crippen molar-refractivity contribution in [1.29, 1.82) is 0 Å². The zero-order valence-electron chi connectivity index (χ0n) is 13.9. The largest absolute Gasteiger partial charge is 0.355 e. The second-order valence-corrected chi connectivity index (χ2v) is 8.62. The molecule has 5 nitrogen and oxygen atoms in total. The van der Waals surface area contributed by atoms with Gasteiger partial charge in [0.15, 0.2) is 0 Å². The first kappa shape index (κ1) is 21.0. The van der Waals surface area contributed by atoms with Gasteiger partial charge in [-0.05, 0) is 48.9 Å². The molecule has 140 valence electrons. The van der Waals surface area contributed by atoms with Crippen molar-refractivity contribution in [2.45, 2.75) is 18.4 Å². The predicted molar refractivity (Wildman–Crippen MR) is 104 cm³/mol. The lowest BCUT2D eigenvalue weighted by Crippen LogP contribution is -2.40. The molecule has 0 unspecified atom stereocenters. The summed E-state index contributed by atoms with van der Waals surface area (Å²) in [5.74, 6) is -0.398. The van der Waals surface area contributed by atoms with Crippen LogP contribution in [0.3, 0.4) is 0 Å². The van der Waals surface area contributed by atoms with E-state index in [0.29, 0.717) is 27.2 Å². The SMILES string of the molecule is CCNC(=O)CN(Cc1ccc(Cl)c(Cl)c1)S(=O)(=O)c1ccc(Cl)cc1. The fraction of sp³-hybridized carbons (Fsp3) is 0.235. The summed E-state index contributed by atoms with van der Waals surface area (Å²) in [6.07, 6.45) is 0. The lowest BCUT2D eigenvalue weighted by molar-refractivity contribution is -0.121.